The summed E-state index contributed by atoms with van der Waals surface area (Å²) in [5.74, 6) is -0.458. The Kier molecular flexibility index (Phi) is 4.97. The van der Waals surface area contributed by atoms with E-state index in [9.17, 15) is 18.0 Å². The molecule has 4 nitrogen and oxygen atoms in total. The van der Waals surface area contributed by atoms with E-state index in [1.165, 1.54) is 18.2 Å². The van der Waals surface area contributed by atoms with Gasteiger partial charge in [-0.05, 0) is 18.6 Å². The summed E-state index contributed by atoms with van der Waals surface area (Å²) in [5.41, 5.74) is 3.74. The maximum absolute atomic E-state index is 13.0. The van der Waals surface area contributed by atoms with Gasteiger partial charge in [0.05, 0.1) is 11.7 Å². The third-order valence-electron chi connectivity index (χ3n) is 5.00. The molecule has 0 aliphatic heterocycles. The van der Waals surface area contributed by atoms with Crippen LogP contribution in [0.5, 0.6) is 0 Å². The molecule has 7 heteroatoms. The molecule has 0 aromatic heterocycles. The van der Waals surface area contributed by atoms with Gasteiger partial charge >= 0.3 is 6.18 Å². The van der Waals surface area contributed by atoms with Crippen molar-refractivity contribution < 1.29 is 22.7 Å². The SMILES string of the molecule is CCOC1CC(N)(C(=O)NCc2ccccc2C(F)(F)F)C1(C)C. The number of halogens is 3. The summed E-state index contributed by atoms with van der Waals surface area (Å²) in [6.45, 7) is 5.83. The fourth-order valence-corrected chi connectivity index (χ4v) is 3.10. The fraction of sp³-hybridized carbons (Fsp3) is 0.588. The average Bonchev–Trinajstić information content (AvgIpc) is 2.51. The highest BCUT2D eigenvalue weighted by molar-refractivity contribution is 5.88. The van der Waals surface area contributed by atoms with Crippen LogP contribution in [0.1, 0.15) is 38.3 Å². The molecule has 1 saturated carbocycles. The van der Waals surface area contributed by atoms with Crippen molar-refractivity contribution in [2.75, 3.05) is 6.61 Å². The second-order valence-electron chi connectivity index (χ2n) is 6.68. The van der Waals surface area contributed by atoms with Gasteiger partial charge in [0, 0.05) is 25.0 Å². The molecule has 2 atom stereocenters. The minimum absolute atomic E-state index is 0.0143. The number of ether oxygens (including phenoxy) is 1. The first-order valence-corrected chi connectivity index (χ1v) is 7.88. The largest absolute Gasteiger partial charge is 0.416 e. The molecule has 0 bridgehead atoms. The molecule has 1 aliphatic carbocycles. The van der Waals surface area contributed by atoms with Crippen LogP contribution in [0.15, 0.2) is 24.3 Å². The molecule has 0 radical (unpaired) electrons. The van der Waals surface area contributed by atoms with E-state index in [0.29, 0.717) is 13.0 Å². The number of rotatable bonds is 5. The van der Waals surface area contributed by atoms with Crippen LogP contribution < -0.4 is 11.1 Å². The minimum Gasteiger partial charge on any atom is -0.378 e. The Balaban J connectivity index is 2.08. The number of alkyl halides is 3. The Hall–Kier alpha value is -1.60. The molecule has 0 heterocycles. The van der Waals surface area contributed by atoms with Gasteiger partial charge in [0.25, 0.3) is 0 Å². The van der Waals surface area contributed by atoms with E-state index in [2.05, 4.69) is 5.32 Å². The molecular formula is C17H23F3N2O2. The van der Waals surface area contributed by atoms with Gasteiger partial charge in [0.15, 0.2) is 0 Å². The molecule has 1 fully saturated rings. The molecule has 24 heavy (non-hydrogen) atoms. The number of hydrogen-bond donors (Lipinski definition) is 2. The summed E-state index contributed by atoms with van der Waals surface area (Å²) in [4.78, 5) is 12.5. The molecule has 2 rings (SSSR count). The van der Waals surface area contributed by atoms with Gasteiger partial charge in [-0.2, -0.15) is 13.2 Å². The zero-order valence-corrected chi connectivity index (χ0v) is 14.0. The molecule has 1 aromatic carbocycles. The Morgan fingerprint density at radius 3 is 2.54 bits per heavy atom. The van der Waals surface area contributed by atoms with Gasteiger partial charge in [-0.25, -0.2) is 0 Å². The van der Waals surface area contributed by atoms with Crippen molar-refractivity contribution in [1.82, 2.24) is 5.32 Å². The molecule has 1 amide bonds. The van der Waals surface area contributed by atoms with E-state index in [-0.39, 0.29) is 18.2 Å². The minimum atomic E-state index is -4.46. The highest BCUT2D eigenvalue weighted by Gasteiger charge is 2.62. The van der Waals surface area contributed by atoms with E-state index >= 15 is 0 Å². The van der Waals surface area contributed by atoms with Gasteiger partial charge in [-0.15, -0.1) is 0 Å². The van der Waals surface area contributed by atoms with Crippen molar-refractivity contribution in [3.63, 3.8) is 0 Å². The van der Waals surface area contributed by atoms with Crippen LogP contribution in [0.4, 0.5) is 13.2 Å². The Morgan fingerprint density at radius 1 is 1.38 bits per heavy atom. The number of carbonyl (C=O) groups is 1. The monoisotopic (exact) mass is 344 g/mol. The van der Waals surface area contributed by atoms with E-state index < -0.39 is 28.6 Å². The summed E-state index contributed by atoms with van der Waals surface area (Å²) in [5, 5.41) is 2.55. The maximum Gasteiger partial charge on any atom is 0.416 e. The van der Waals surface area contributed by atoms with Crippen LogP contribution in [0.3, 0.4) is 0 Å². The average molecular weight is 344 g/mol. The van der Waals surface area contributed by atoms with Crippen molar-refractivity contribution in [2.24, 2.45) is 11.1 Å². The lowest BCUT2D eigenvalue weighted by Gasteiger charge is -2.57. The van der Waals surface area contributed by atoms with Crippen LogP contribution in [0, 0.1) is 5.41 Å². The van der Waals surface area contributed by atoms with Gasteiger partial charge in [0.1, 0.15) is 5.54 Å². The van der Waals surface area contributed by atoms with Crippen LogP contribution >= 0.6 is 0 Å². The summed E-state index contributed by atoms with van der Waals surface area (Å²) in [7, 11) is 0. The standard InChI is InChI=1S/C17H23F3N2O2/c1-4-24-13-9-16(21,15(13,2)3)14(23)22-10-11-7-5-6-8-12(11)17(18,19)20/h5-8,13H,4,9-10,21H2,1-3H3,(H,22,23). The first-order valence-electron chi connectivity index (χ1n) is 7.88. The van der Waals surface area contributed by atoms with Gasteiger partial charge in [-0.3, -0.25) is 4.79 Å². The van der Waals surface area contributed by atoms with E-state index in [1.54, 1.807) is 0 Å². The predicted molar refractivity (Wildman–Crippen MR) is 84.0 cm³/mol. The molecule has 1 aliphatic rings. The molecule has 0 saturated heterocycles. The fourth-order valence-electron chi connectivity index (χ4n) is 3.10. The van der Waals surface area contributed by atoms with Crippen molar-refractivity contribution in [1.29, 1.82) is 0 Å². The molecular weight excluding hydrogens is 321 g/mol. The molecule has 0 spiro atoms. The summed E-state index contributed by atoms with van der Waals surface area (Å²) in [6.07, 6.45) is -4.25. The number of nitrogens with two attached hydrogens (primary N) is 1. The van der Waals surface area contributed by atoms with Crippen LogP contribution in [0.2, 0.25) is 0 Å². The number of carbonyl (C=O) groups excluding carboxylic acids is 1. The van der Waals surface area contributed by atoms with Crippen molar-refractivity contribution in [3.05, 3.63) is 35.4 Å². The third-order valence-corrected chi connectivity index (χ3v) is 5.00. The van der Waals surface area contributed by atoms with Crippen LogP contribution in [0.25, 0.3) is 0 Å². The summed E-state index contributed by atoms with van der Waals surface area (Å²) in [6, 6.07) is 5.17. The quantitative estimate of drug-likeness (QED) is 0.863. The van der Waals surface area contributed by atoms with Gasteiger partial charge < -0.3 is 15.8 Å². The smallest absolute Gasteiger partial charge is 0.378 e. The number of hydrogen-bond acceptors (Lipinski definition) is 3. The maximum atomic E-state index is 13.0. The number of benzene rings is 1. The van der Waals surface area contributed by atoms with E-state index in [1.807, 2.05) is 20.8 Å². The van der Waals surface area contributed by atoms with E-state index in [4.69, 9.17) is 10.5 Å². The van der Waals surface area contributed by atoms with E-state index in [0.717, 1.165) is 6.07 Å². The number of amides is 1. The predicted octanol–water partition coefficient (Wildman–Crippen LogP) is 2.85. The first-order chi connectivity index (χ1) is 11.0. The highest BCUT2D eigenvalue weighted by atomic mass is 19.4. The Labute approximate surface area is 139 Å². The second kappa shape index (κ2) is 6.37. The molecule has 1 aromatic rings. The van der Waals surface area contributed by atoms with Crippen LogP contribution in [-0.2, 0) is 22.3 Å². The van der Waals surface area contributed by atoms with Crippen molar-refractivity contribution >= 4 is 5.91 Å². The molecule has 3 N–H and O–H groups in total. The normalized spacial score (nSPS) is 25.9. The van der Waals surface area contributed by atoms with Crippen LogP contribution in [-0.4, -0.2) is 24.2 Å². The van der Waals surface area contributed by atoms with Crippen molar-refractivity contribution in [3.8, 4) is 0 Å². The Morgan fingerprint density at radius 2 is 2.00 bits per heavy atom. The lowest BCUT2D eigenvalue weighted by molar-refractivity contribution is -0.170. The summed E-state index contributed by atoms with van der Waals surface area (Å²) >= 11 is 0. The molecule has 134 valence electrons. The topological polar surface area (TPSA) is 64.3 Å². The lowest BCUT2D eigenvalue weighted by atomic mass is 9.54. The Bertz CT molecular complexity index is 616. The molecule has 2 unspecified atom stereocenters. The first kappa shape index (κ1) is 18.7. The third kappa shape index (κ3) is 3.15. The number of nitrogens with one attached hydrogen (secondary N) is 1. The van der Waals surface area contributed by atoms with Crippen molar-refractivity contribution in [2.45, 2.75) is 51.6 Å². The lowest BCUT2D eigenvalue weighted by Crippen LogP contribution is -2.75. The second-order valence-corrected chi connectivity index (χ2v) is 6.68. The zero-order chi connectivity index (χ0) is 18.2. The summed E-state index contributed by atoms with van der Waals surface area (Å²) < 4.78 is 44.5. The highest BCUT2D eigenvalue weighted by Crippen LogP contribution is 2.49. The van der Waals surface area contributed by atoms with Gasteiger partial charge in [-0.1, -0.05) is 32.0 Å². The van der Waals surface area contributed by atoms with Gasteiger partial charge in [0.2, 0.25) is 5.91 Å². The zero-order valence-electron chi connectivity index (χ0n) is 14.0.